The molecule has 7 nitrogen and oxygen atoms in total. The number of hydrogen-bond donors (Lipinski definition) is 2. The molecular formula is C18H23ClN4O3S. The van der Waals surface area contributed by atoms with Crippen LogP contribution in [0.3, 0.4) is 0 Å². The third-order valence-electron chi connectivity index (χ3n) is 4.36. The summed E-state index contributed by atoms with van der Waals surface area (Å²) in [5.74, 6) is 0.0316. The van der Waals surface area contributed by atoms with Crippen molar-refractivity contribution < 1.29 is 13.2 Å². The Hall–Kier alpha value is -1.90. The van der Waals surface area contributed by atoms with Gasteiger partial charge in [0.15, 0.2) is 5.69 Å². The third kappa shape index (κ3) is 4.51. The molecule has 1 fully saturated rings. The molecule has 3 rings (SSSR count). The summed E-state index contributed by atoms with van der Waals surface area (Å²) < 4.78 is 27.0. The molecule has 2 heterocycles. The number of nitrogens with one attached hydrogen (secondary N) is 2. The van der Waals surface area contributed by atoms with Crippen molar-refractivity contribution in [1.82, 2.24) is 14.5 Å². The molecule has 1 saturated heterocycles. The van der Waals surface area contributed by atoms with Gasteiger partial charge in [-0.3, -0.25) is 9.89 Å². The molecule has 0 atom stereocenters. The van der Waals surface area contributed by atoms with Crippen LogP contribution in [0.5, 0.6) is 0 Å². The maximum Gasteiger partial charge on any atom is 0.276 e. The van der Waals surface area contributed by atoms with Gasteiger partial charge in [-0.1, -0.05) is 25.4 Å². The highest BCUT2D eigenvalue weighted by molar-refractivity contribution is 7.89. The van der Waals surface area contributed by atoms with E-state index in [1.54, 1.807) is 12.1 Å². The lowest BCUT2D eigenvalue weighted by Crippen LogP contribution is -2.28. The Morgan fingerprint density at radius 3 is 2.67 bits per heavy atom. The molecule has 0 saturated carbocycles. The zero-order valence-corrected chi connectivity index (χ0v) is 16.9. The average Bonchev–Trinajstić information content (AvgIpc) is 3.27. The number of rotatable bonds is 6. The number of nitrogens with zero attached hydrogens (tertiary/aromatic N) is 2. The standard InChI is InChI=1S/C18H23ClN4O3S/c1-12(2)9-14-10-16(22-21-14)18(24)20-13-5-6-15(19)17(11-13)27(25,26)23-7-3-4-8-23/h5-6,10-12H,3-4,7-9H2,1-2H3,(H,20,24)(H,21,22). The van der Waals surface area contributed by atoms with Crippen LogP contribution in [-0.2, 0) is 16.4 Å². The normalized spacial score (nSPS) is 15.4. The number of anilines is 1. The van der Waals surface area contributed by atoms with E-state index in [0.717, 1.165) is 25.0 Å². The summed E-state index contributed by atoms with van der Waals surface area (Å²) in [5, 5.41) is 9.71. The van der Waals surface area contributed by atoms with Gasteiger partial charge < -0.3 is 5.32 Å². The van der Waals surface area contributed by atoms with E-state index in [1.807, 2.05) is 0 Å². The minimum Gasteiger partial charge on any atom is -0.321 e. The van der Waals surface area contributed by atoms with Gasteiger partial charge in [0.2, 0.25) is 10.0 Å². The van der Waals surface area contributed by atoms with Gasteiger partial charge in [-0.25, -0.2) is 8.42 Å². The van der Waals surface area contributed by atoms with Crippen molar-refractivity contribution in [2.24, 2.45) is 5.92 Å². The van der Waals surface area contributed by atoms with Crippen LogP contribution in [0.15, 0.2) is 29.2 Å². The van der Waals surface area contributed by atoms with Crippen molar-refractivity contribution in [1.29, 1.82) is 0 Å². The van der Waals surface area contributed by atoms with Gasteiger partial charge in [0.05, 0.1) is 5.02 Å². The molecule has 0 aliphatic carbocycles. The van der Waals surface area contributed by atoms with Crippen LogP contribution in [0.25, 0.3) is 0 Å². The average molecular weight is 411 g/mol. The fourth-order valence-electron chi connectivity index (χ4n) is 3.06. The zero-order valence-electron chi connectivity index (χ0n) is 15.3. The first-order valence-electron chi connectivity index (χ1n) is 8.92. The first-order valence-corrected chi connectivity index (χ1v) is 10.7. The minimum atomic E-state index is -3.67. The molecule has 1 amide bonds. The van der Waals surface area contributed by atoms with E-state index in [9.17, 15) is 13.2 Å². The predicted octanol–water partition coefficient (Wildman–Crippen LogP) is 3.30. The van der Waals surface area contributed by atoms with Crippen LogP contribution < -0.4 is 5.32 Å². The monoisotopic (exact) mass is 410 g/mol. The van der Waals surface area contributed by atoms with Gasteiger partial charge in [0, 0.05) is 24.5 Å². The molecule has 1 aromatic heterocycles. The highest BCUT2D eigenvalue weighted by atomic mass is 35.5. The van der Waals surface area contributed by atoms with E-state index in [-0.39, 0.29) is 15.6 Å². The van der Waals surface area contributed by atoms with Crippen molar-refractivity contribution in [2.45, 2.75) is 38.0 Å². The Kier molecular flexibility index (Phi) is 5.88. The van der Waals surface area contributed by atoms with Crippen LogP contribution in [0, 0.1) is 5.92 Å². The van der Waals surface area contributed by atoms with Crippen LogP contribution in [0.1, 0.15) is 42.9 Å². The number of aromatic nitrogens is 2. The summed E-state index contributed by atoms with van der Waals surface area (Å²) in [6.45, 7) is 5.13. The Morgan fingerprint density at radius 1 is 1.30 bits per heavy atom. The number of carbonyl (C=O) groups excluding carboxylic acids is 1. The lowest BCUT2D eigenvalue weighted by Gasteiger charge is -2.17. The summed E-state index contributed by atoms with van der Waals surface area (Å²) in [7, 11) is -3.67. The topological polar surface area (TPSA) is 95.2 Å². The van der Waals surface area contributed by atoms with E-state index < -0.39 is 15.9 Å². The smallest absolute Gasteiger partial charge is 0.276 e. The molecule has 2 aromatic rings. The second-order valence-corrected chi connectivity index (χ2v) is 9.40. The summed E-state index contributed by atoms with van der Waals surface area (Å²) in [4.78, 5) is 12.4. The number of H-pyrrole nitrogens is 1. The van der Waals surface area contributed by atoms with Gasteiger partial charge in [-0.15, -0.1) is 0 Å². The Bertz CT molecular complexity index is 934. The molecule has 0 unspecified atom stereocenters. The van der Waals surface area contributed by atoms with E-state index in [2.05, 4.69) is 29.4 Å². The maximum atomic E-state index is 12.8. The molecule has 2 N–H and O–H groups in total. The molecule has 1 aromatic carbocycles. The number of benzene rings is 1. The highest BCUT2D eigenvalue weighted by Gasteiger charge is 2.29. The quantitative estimate of drug-likeness (QED) is 0.763. The van der Waals surface area contributed by atoms with Crippen molar-refractivity contribution >= 4 is 33.2 Å². The van der Waals surface area contributed by atoms with E-state index in [0.29, 0.717) is 24.7 Å². The number of amides is 1. The van der Waals surface area contributed by atoms with E-state index >= 15 is 0 Å². The molecule has 1 aliphatic rings. The second kappa shape index (κ2) is 8.00. The van der Waals surface area contributed by atoms with Crippen molar-refractivity contribution in [3.63, 3.8) is 0 Å². The fraction of sp³-hybridized carbons (Fsp3) is 0.444. The summed E-state index contributed by atoms with van der Waals surface area (Å²) >= 11 is 6.13. The number of hydrogen-bond acceptors (Lipinski definition) is 4. The molecule has 27 heavy (non-hydrogen) atoms. The van der Waals surface area contributed by atoms with Crippen LogP contribution >= 0.6 is 11.6 Å². The predicted molar refractivity (Wildman–Crippen MR) is 105 cm³/mol. The molecule has 1 aliphatic heterocycles. The second-order valence-electron chi connectivity index (χ2n) is 7.09. The van der Waals surface area contributed by atoms with Gasteiger partial charge in [-0.2, -0.15) is 9.40 Å². The lowest BCUT2D eigenvalue weighted by atomic mass is 10.1. The number of carbonyl (C=O) groups is 1. The first-order chi connectivity index (χ1) is 12.8. The van der Waals surface area contributed by atoms with Crippen LogP contribution in [-0.4, -0.2) is 41.9 Å². The molecule has 146 valence electrons. The Morgan fingerprint density at radius 2 is 2.00 bits per heavy atom. The molecule has 0 spiro atoms. The Labute approximate surface area is 164 Å². The third-order valence-corrected chi connectivity index (χ3v) is 6.74. The number of aromatic amines is 1. The molecule has 0 bridgehead atoms. The van der Waals surface area contributed by atoms with Crippen LogP contribution in [0.4, 0.5) is 5.69 Å². The first kappa shape index (κ1) is 19.9. The van der Waals surface area contributed by atoms with Crippen molar-refractivity contribution in [3.8, 4) is 0 Å². The summed E-state index contributed by atoms with van der Waals surface area (Å²) in [5.41, 5.74) is 1.49. The zero-order chi connectivity index (χ0) is 19.6. The van der Waals surface area contributed by atoms with Gasteiger partial charge >= 0.3 is 0 Å². The van der Waals surface area contributed by atoms with E-state index in [4.69, 9.17) is 11.6 Å². The van der Waals surface area contributed by atoms with Crippen molar-refractivity contribution in [2.75, 3.05) is 18.4 Å². The summed E-state index contributed by atoms with van der Waals surface area (Å²) in [6, 6.07) is 6.16. The molecule has 9 heteroatoms. The molecule has 0 radical (unpaired) electrons. The van der Waals surface area contributed by atoms with Crippen molar-refractivity contribution in [3.05, 3.63) is 40.7 Å². The molecular weight excluding hydrogens is 388 g/mol. The van der Waals surface area contributed by atoms with E-state index in [1.165, 1.54) is 16.4 Å². The maximum absolute atomic E-state index is 12.8. The number of halogens is 1. The largest absolute Gasteiger partial charge is 0.321 e. The van der Waals surface area contributed by atoms with Gasteiger partial charge in [0.25, 0.3) is 5.91 Å². The highest BCUT2D eigenvalue weighted by Crippen LogP contribution is 2.29. The lowest BCUT2D eigenvalue weighted by molar-refractivity contribution is 0.102. The minimum absolute atomic E-state index is 0.00592. The van der Waals surface area contributed by atoms with Gasteiger partial charge in [0.1, 0.15) is 4.90 Å². The fourth-order valence-corrected chi connectivity index (χ4v) is 5.08. The van der Waals surface area contributed by atoms with Crippen LogP contribution in [0.2, 0.25) is 5.02 Å². The van der Waals surface area contributed by atoms with Gasteiger partial charge in [-0.05, 0) is 49.4 Å². The SMILES string of the molecule is CC(C)Cc1cc(C(=O)Nc2ccc(Cl)c(S(=O)(=O)N3CCCC3)c2)n[nH]1. The number of sulfonamides is 1. The summed E-state index contributed by atoms with van der Waals surface area (Å²) in [6.07, 6.45) is 2.47. The Balaban J connectivity index is 1.79.